The van der Waals surface area contributed by atoms with Crippen molar-refractivity contribution in [2.24, 2.45) is 5.73 Å². The van der Waals surface area contributed by atoms with E-state index in [1.54, 1.807) is 7.11 Å². The molecular formula is C15H24N2O. The zero-order chi connectivity index (χ0) is 13.0. The Kier molecular flexibility index (Phi) is 4.75. The summed E-state index contributed by atoms with van der Waals surface area (Å²) >= 11 is 0. The van der Waals surface area contributed by atoms with Crippen molar-refractivity contribution < 1.29 is 4.74 Å². The predicted molar refractivity (Wildman–Crippen MR) is 74.6 cm³/mol. The molecular weight excluding hydrogens is 224 g/mol. The van der Waals surface area contributed by atoms with E-state index in [2.05, 4.69) is 36.1 Å². The molecule has 0 bridgehead atoms. The molecule has 1 aromatic rings. The summed E-state index contributed by atoms with van der Waals surface area (Å²) in [6, 6.07) is 9.38. The molecule has 0 saturated heterocycles. The van der Waals surface area contributed by atoms with Gasteiger partial charge in [-0.15, -0.1) is 0 Å². The van der Waals surface area contributed by atoms with Crippen molar-refractivity contribution in [2.45, 2.75) is 31.8 Å². The molecule has 1 aliphatic rings. The molecule has 1 aliphatic carbocycles. The molecule has 0 aliphatic heterocycles. The van der Waals surface area contributed by atoms with Crippen LogP contribution in [0.1, 0.15) is 30.0 Å². The smallest absolute Gasteiger partial charge is 0.0589 e. The van der Waals surface area contributed by atoms with Gasteiger partial charge in [-0.25, -0.2) is 0 Å². The number of rotatable bonds is 7. The van der Waals surface area contributed by atoms with Crippen LogP contribution in [0.4, 0.5) is 0 Å². The third-order valence-electron chi connectivity index (χ3n) is 3.58. The monoisotopic (exact) mass is 248 g/mol. The number of aryl methyl sites for hydroxylation is 1. The number of ether oxygens (including phenoxy) is 1. The van der Waals surface area contributed by atoms with Gasteiger partial charge in [0.1, 0.15) is 0 Å². The lowest BCUT2D eigenvalue weighted by Gasteiger charge is -2.25. The molecule has 0 spiro atoms. The highest BCUT2D eigenvalue weighted by Gasteiger charge is 2.29. The Bertz CT molecular complexity index is 359. The van der Waals surface area contributed by atoms with Gasteiger partial charge in [0.25, 0.3) is 0 Å². The number of nitrogens with two attached hydrogens (primary N) is 1. The standard InChI is InChI=1S/C15H24N2O/c1-12-3-5-13(6-4-12)15(16)11-17(9-10-18-2)14-7-8-14/h3-6,14-15H,7-11,16H2,1-2H3. The highest BCUT2D eigenvalue weighted by atomic mass is 16.5. The number of methoxy groups -OCH3 is 1. The van der Waals surface area contributed by atoms with E-state index in [4.69, 9.17) is 10.5 Å². The van der Waals surface area contributed by atoms with Crippen molar-refractivity contribution in [1.82, 2.24) is 4.90 Å². The van der Waals surface area contributed by atoms with Crippen LogP contribution in [-0.2, 0) is 4.74 Å². The van der Waals surface area contributed by atoms with E-state index in [-0.39, 0.29) is 6.04 Å². The van der Waals surface area contributed by atoms with Gasteiger partial charge < -0.3 is 10.5 Å². The molecule has 1 saturated carbocycles. The second-order valence-corrected chi connectivity index (χ2v) is 5.24. The van der Waals surface area contributed by atoms with Crippen LogP contribution < -0.4 is 5.73 Å². The third-order valence-corrected chi connectivity index (χ3v) is 3.58. The number of hydrogen-bond acceptors (Lipinski definition) is 3. The Morgan fingerprint density at radius 3 is 2.56 bits per heavy atom. The molecule has 3 heteroatoms. The molecule has 100 valence electrons. The second-order valence-electron chi connectivity index (χ2n) is 5.24. The Morgan fingerprint density at radius 2 is 2.00 bits per heavy atom. The van der Waals surface area contributed by atoms with Gasteiger partial charge in [0.2, 0.25) is 0 Å². The minimum absolute atomic E-state index is 0.100. The van der Waals surface area contributed by atoms with Gasteiger partial charge in [0.15, 0.2) is 0 Å². The zero-order valence-corrected chi connectivity index (χ0v) is 11.4. The lowest BCUT2D eigenvalue weighted by atomic mass is 10.1. The molecule has 3 nitrogen and oxygen atoms in total. The maximum Gasteiger partial charge on any atom is 0.0589 e. The van der Waals surface area contributed by atoms with Crippen LogP contribution in [0.3, 0.4) is 0 Å². The Balaban J connectivity index is 1.91. The van der Waals surface area contributed by atoms with Crippen LogP contribution in [0.25, 0.3) is 0 Å². The lowest BCUT2D eigenvalue weighted by Crippen LogP contribution is -2.36. The fraction of sp³-hybridized carbons (Fsp3) is 0.600. The Hall–Kier alpha value is -0.900. The molecule has 1 unspecified atom stereocenters. The first-order chi connectivity index (χ1) is 8.70. The normalized spacial score (nSPS) is 17.1. The van der Waals surface area contributed by atoms with Gasteiger partial charge >= 0.3 is 0 Å². The van der Waals surface area contributed by atoms with Crippen molar-refractivity contribution in [3.63, 3.8) is 0 Å². The summed E-state index contributed by atoms with van der Waals surface area (Å²) in [6.45, 7) is 4.80. The molecule has 2 rings (SSSR count). The van der Waals surface area contributed by atoms with E-state index in [0.717, 1.165) is 25.7 Å². The Labute approximate surface area is 110 Å². The SMILES string of the molecule is COCCN(CC(N)c1ccc(C)cc1)C1CC1. The van der Waals surface area contributed by atoms with Gasteiger partial charge in [-0.05, 0) is 25.3 Å². The summed E-state index contributed by atoms with van der Waals surface area (Å²) in [4.78, 5) is 2.47. The average Bonchev–Trinajstić information content (AvgIpc) is 3.19. The first kappa shape index (κ1) is 13.5. The van der Waals surface area contributed by atoms with Crippen LogP contribution in [0.5, 0.6) is 0 Å². The van der Waals surface area contributed by atoms with Gasteiger partial charge in [-0.1, -0.05) is 29.8 Å². The summed E-state index contributed by atoms with van der Waals surface area (Å²) in [5.41, 5.74) is 8.81. The van der Waals surface area contributed by atoms with E-state index >= 15 is 0 Å². The van der Waals surface area contributed by atoms with Crippen LogP contribution in [0.2, 0.25) is 0 Å². The van der Waals surface area contributed by atoms with Crippen LogP contribution in [-0.4, -0.2) is 37.7 Å². The second kappa shape index (κ2) is 6.32. The van der Waals surface area contributed by atoms with Crippen molar-refractivity contribution in [2.75, 3.05) is 26.8 Å². The number of hydrogen-bond donors (Lipinski definition) is 1. The lowest BCUT2D eigenvalue weighted by molar-refractivity contribution is 0.139. The van der Waals surface area contributed by atoms with Gasteiger partial charge in [0, 0.05) is 32.3 Å². The molecule has 0 amide bonds. The van der Waals surface area contributed by atoms with Crippen molar-refractivity contribution in [3.8, 4) is 0 Å². The molecule has 2 N–H and O–H groups in total. The maximum atomic E-state index is 6.30. The summed E-state index contributed by atoms with van der Waals surface area (Å²) in [5.74, 6) is 0. The molecule has 1 aromatic carbocycles. The quantitative estimate of drug-likeness (QED) is 0.803. The summed E-state index contributed by atoms with van der Waals surface area (Å²) in [6.07, 6.45) is 2.62. The van der Waals surface area contributed by atoms with E-state index in [9.17, 15) is 0 Å². The van der Waals surface area contributed by atoms with Gasteiger partial charge in [0.05, 0.1) is 6.61 Å². The van der Waals surface area contributed by atoms with E-state index in [0.29, 0.717) is 0 Å². The number of benzene rings is 1. The number of nitrogens with zero attached hydrogens (tertiary/aromatic N) is 1. The maximum absolute atomic E-state index is 6.30. The zero-order valence-electron chi connectivity index (χ0n) is 11.4. The molecule has 0 aromatic heterocycles. The molecule has 0 radical (unpaired) electrons. The van der Waals surface area contributed by atoms with Gasteiger partial charge in [-0.3, -0.25) is 4.90 Å². The minimum Gasteiger partial charge on any atom is -0.383 e. The fourth-order valence-electron chi connectivity index (χ4n) is 2.24. The van der Waals surface area contributed by atoms with Gasteiger partial charge in [-0.2, -0.15) is 0 Å². The summed E-state index contributed by atoms with van der Waals surface area (Å²) in [7, 11) is 1.75. The van der Waals surface area contributed by atoms with Crippen LogP contribution in [0.15, 0.2) is 24.3 Å². The first-order valence-corrected chi connectivity index (χ1v) is 6.76. The molecule has 18 heavy (non-hydrogen) atoms. The summed E-state index contributed by atoms with van der Waals surface area (Å²) in [5, 5.41) is 0. The largest absolute Gasteiger partial charge is 0.383 e. The minimum atomic E-state index is 0.100. The highest BCUT2D eigenvalue weighted by Crippen LogP contribution is 2.28. The molecule has 1 fully saturated rings. The highest BCUT2D eigenvalue weighted by molar-refractivity contribution is 5.24. The van der Waals surface area contributed by atoms with Crippen LogP contribution >= 0.6 is 0 Å². The van der Waals surface area contributed by atoms with Crippen molar-refractivity contribution in [3.05, 3.63) is 35.4 Å². The van der Waals surface area contributed by atoms with Crippen molar-refractivity contribution >= 4 is 0 Å². The third kappa shape index (κ3) is 3.80. The first-order valence-electron chi connectivity index (χ1n) is 6.76. The van der Waals surface area contributed by atoms with E-state index in [1.165, 1.54) is 24.0 Å². The van der Waals surface area contributed by atoms with Crippen LogP contribution in [0, 0.1) is 6.92 Å². The van der Waals surface area contributed by atoms with E-state index in [1.807, 2.05) is 0 Å². The fourth-order valence-corrected chi connectivity index (χ4v) is 2.24. The average molecular weight is 248 g/mol. The molecule has 1 atom stereocenters. The van der Waals surface area contributed by atoms with Crippen molar-refractivity contribution in [1.29, 1.82) is 0 Å². The Morgan fingerprint density at radius 1 is 1.33 bits per heavy atom. The molecule has 0 heterocycles. The predicted octanol–water partition coefficient (Wildman–Crippen LogP) is 2.11. The summed E-state index contributed by atoms with van der Waals surface area (Å²) < 4.78 is 5.17. The topological polar surface area (TPSA) is 38.5 Å². The van der Waals surface area contributed by atoms with E-state index < -0.39 is 0 Å².